The summed E-state index contributed by atoms with van der Waals surface area (Å²) in [4.78, 5) is 14.5. The Morgan fingerprint density at radius 1 is 1.62 bits per heavy atom. The molecule has 1 atom stereocenters. The zero-order valence-corrected chi connectivity index (χ0v) is 8.78. The number of carboxylic acid groups (broad SMARTS) is 1. The number of nitrogens with zero attached hydrogens (tertiary/aromatic N) is 3. The molecule has 1 aromatic rings. The third kappa shape index (κ3) is 3.70. The molecule has 0 radical (unpaired) electrons. The normalized spacial score (nSPS) is 13.7. The molecule has 88 valence electrons. The Morgan fingerprint density at radius 3 is 2.94 bits per heavy atom. The fraction of sp³-hybridized carbons (Fsp3) is 0.444. The van der Waals surface area contributed by atoms with Crippen LogP contribution in [0.15, 0.2) is 23.5 Å². The molecule has 1 heterocycles. The number of aromatic nitrogens is 2. The third-order valence-corrected chi connectivity index (χ3v) is 2.00. The van der Waals surface area contributed by atoms with Crippen LogP contribution in [0, 0.1) is 0 Å². The lowest BCUT2D eigenvalue weighted by Crippen LogP contribution is -2.30. The number of carbonyl (C=O) groups is 1. The number of hydrogen-bond acceptors (Lipinski definition) is 4. The van der Waals surface area contributed by atoms with E-state index in [2.05, 4.69) is 10.1 Å². The van der Waals surface area contributed by atoms with Crippen molar-refractivity contribution in [1.29, 1.82) is 0 Å². The monoisotopic (exact) mass is 225 g/mol. The molecule has 0 unspecified atom stereocenters. The van der Waals surface area contributed by atoms with E-state index < -0.39 is 12.0 Å². The fourth-order valence-electron chi connectivity index (χ4n) is 1.11. The van der Waals surface area contributed by atoms with E-state index in [0.29, 0.717) is 19.4 Å². The van der Waals surface area contributed by atoms with Crippen LogP contribution in [0.25, 0.3) is 0 Å². The average molecular weight is 225 g/mol. The lowest BCUT2D eigenvalue weighted by molar-refractivity contribution is -0.138. The molecule has 0 aromatic carbocycles. The highest BCUT2D eigenvalue weighted by atomic mass is 16.4. The predicted molar refractivity (Wildman–Crippen MR) is 59.0 cm³/mol. The van der Waals surface area contributed by atoms with Gasteiger partial charge in [-0.25, -0.2) is 4.68 Å². The highest BCUT2D eigenvalue weighted by Gasteiger charge is 2.09. The predicted octanol–water partition coefficient (Wildman–Crippen LogP) is -0.762. The Kier molecular flexibility index (Phi) is 4.46. The number of hydrogen-bond donors (Lipinski definition) is 3. The second-order valence-corrected chi connectivity index (χ2v) is 3.28. The molecule has 5 N–H and O–H groups in total. The van der Waals surface area contributed by atoms with Gasteiger partial charge in [0, 0.05) is 18.9 Å². The van der Waals surface area contributed by atoms with Crippen LogP contribution < -0.4 is 11.5 Å². The largest absolute Gasteiger partial charge is 0.480 e. The van der Waals surface area contributed by atoms with Crippen molar-refractivity contribution in [3.63, 3.8) is 0 Å². The Balaban J connectivity index is 2.30. The zero-order valence-electron chi connectivity index (χ0n) is 8.78. The SMILES string of the molecule is NC(=NCCC[C@H](N)C(=O)O)n1cccn1. The number of rotatable bonds is 5. The van der Waals surface area contributed by atoms with Gasteiger partial charge in [0.1, 0.15) is 6.04 Å². The summed E-state index contributed by atoms with van der Waals surface area (Å²) in [7, 11) is 0. The average Bonchev–Trinajstić information content (AvgIpc) is 2.76. The number of carboxylic acids is 1. The number of aliphatic imine (C=N–C) groups is 1. The molecule has 1 aromatic heterocycles. The first-order chi connectivity index (χ1) is 7.61. The summed E-state index contributed by atoms with van der Waals surface area (Å²) in [6.07, 6.45) is 4.24. The minimum Gasteiger partial charge on any atom is -0.480 e. The summed E-state index contributed by atoms with van der Waals surface area (Å²) in [5.41, 5.74) is 11.0. The maximum absolute atomic E-state index is 10.4. The molecule has 1 rings (SSSR count). The van der Waals surface area contributed by atoms with Crippen LogP contribution in [-0.4, -0.2) is 39.4 Å². The molecular formula is C9H15N5O2. The minimum absolute atomic E-state index is 0.286. The second-order valence-electron chi connectivity index (χ2n) is 3.28. The number of nitrogens with two attached hydrogens (primary N) is 2. The Labute approximate surface area is 92.8 Å². The summed E-state index contributed by atoms with van der Waals surface area (Å²) in [6.45, 7) is 0.437. The molecule has 0 saturated heterocycles. The summed E-state index contributed by atoms with van der Waals surface area (Å²) < 4.78 is 1.44. The molecule has 16 heavy (non-hydrogen) atoms. The smallest absolute Gasteiger partial charge is 0.320 e. The van der Waals surface area contributed by atoms with E-state index in [-0.39, 0.29) is 5.96 Å². The molecule has 0 fully saturated rings. The van der Waals surface area contributed by atoms with Gasteiger partial charge >= 0.3 is 5.97 Å². The van der Waals surface area contributed by atoms with E-state index in [9.17, 15) is 4.79 Å². The topological polar surface area (TPSA) is 120 Å². The molecule has 0 spiro atoms. The van der Waals surface area contributed by atoms with Gasteiger partial charge in [-0.2, -0.15) is 5.10 Å². The van der Waals surface area contributed by atoms with Crippen molar-refractivity contribution < 1.29 is 9.90 Å². The van der Waals surface area contributed by atoms with E-state index in [1.165, 1.54) is 4.68 Å². The van der Waals surface area contributed by atoms with Crippen molar-refractivity contribution in [3.8, 4) is 0 Å². The molecular weight excluding hydrogens is 210 g/mol. The van der Waals surface area contributed by atoms with Gasteiger partial charge < -0.3 is 16.6 Å². The van der Waals surface area contributed by atoms with Gasteiger partial charge in [-0.15, -0.1) is 0 Å². The standard InChI is InChI=1S/C9H15N5O2/c10-7(8(15)16)3-1-4-12-9(11)14-6-2-5-13-14/h2,5-7H,1,3-4,10H2,(H2,11,12)(H,15,16)/t7-/m0/s1. The molecule has 0 aliphatic heterocycles. The van der Waals surface area contributed by atoms with Gasteiger partial charge in [0.2, 0.25) is 5.96 Å². The Morgan fingerprint density at radius 2 is 2.38 bits per heavy atom. The van der Waals surface area contributed by atoms with Gasteiger partial charge in [-0.05, 0) is 18.9 Å². The Bertz CT molecular complexity index is 360. The molecule has 0 bridgehead atoms. The highest BCUT2D eigenvalue weighted by Crippen LogP contribution is 1.95. The van der Waals surface area contributed by atoms with Crippen molar-refractivity contribution >= 4 is 11.9 Å². The van der Waals surface area contributed by atoms with Crippen LogP contribution in [0.2, 0.25) is 0 Å². The van der Waals surface area contributed by atoms with Crippen LogP contribution in [0.3, 0.4) is 0 Å². The molecule has 0 amide bonds. The summed E-state index contributed by atoms with van der Waals surface area (Å²) >= 11 is 0. The van der Waals surface area contributed by atoms with Crippen molar-refractivity contribution in [2.45, 2.75) is 18.9 Å². The lowest BCUT2D eigenvalue weighted by atomic mass is 10.2. The van der Waals surface area contributed by atoms with Gasteiger partial charge in [0.15, 0.2) is 0 Å². The first kappa shape index (κ1) is 12.2. The maximum atomic E-state index is 10.4. The molecule has 7 nitrogen and oxygen atoms in total. The van der Waals surface area contributed by atoms with Crippen molar-refractivity contribution in [3.05, 3.63) is 18.5 Å². The first-order valence-corrected chi connectivity index (χ1v) is 4.89. The minimum atomic E-state index is -0.996. The quantitative estimate of drug-likeness (QED) is 0.345. The first-order valence-electron chi connectivity index (χ1n) is 4.89. The van der Waals surface area contributed by atoms with Gasteiger partial charge in [-0.3, -0.25) is 9.79 Å². The van der Waals surface area contributed by atoms with Gasteiger partial charge in [0.05, 0.1) is 0 Å². The van der Waals surface area contributed by atoms with Crippen molar-refractivity contribution in [2.75, 3.05) is 6.54 Å². The molecule has 0 aliphatic rings. The van der Waals surface area contributed by atoms with E-state index in [4.69, 9.17) is 16.6 Å². The lowest BCUT2D eigenvalue weighted by Gasteiger charge is -2.04. The van der Waals surface area contributed by atoms with Crippen LogP contribution in [-0.2, 0) is 4.79 Å². The summed E-state index contributed by atoms with van der Waals surface area (Å²) in [6, 6.07) is 0.907. The zero-order chi connectivity index (χ0) is 12.0. The third-order valence-electron chi connectivity index (χ3n) is 2.00. The van der Waals surface area contributed by atoms with E-state index in [1.54, 1.807) is 18.5 Å². The van der Waals surface area contributed by atoms with Crippen LogP contribution in [0.1, 0.15) is 12.8 Å². The summed E-state index contributed by atoms with van der Waals surface area (Å²) in [5.74, 6) is -0.710. The van der Waals surface area contributed by atoms with Gasteiger partial charge in [-0.1, -0.05) is 0 Å². The van der Waals surface area contributed by atoms with E-state index in [1.807, 2.05) is 0 Å². The maximum Gasteiger partial charge on any atom is 0.320 e. The van der Waals surface area contributed by atoms with Crippen molar-refractivity contribution in [1.82, 2.24) is 9.78 Å². The van der Waals surface area contributed by atoms with Crippen LogP contribution >= 0.6 is 0 Å². The van der Waals surface area contributed by atoms with Crippen molar-refractivity contribution in [2.24, 2.45) is 16.5 Å². The van der Waals surface area contributed by atoms with E-state index in [0.717, 1.165) is 0 Å². The van der Waals surface area contributed by atoms with Crippen LogP contribution in [0.4, 0.5) is 0 Å². The van der Waals surface area contributed by atoms with Crippen LogP contribution in [0.5, 0.6) is 0 Å². The summed E-state index contributed by atoms with van der Waals surface area (Å²) in [5, 5.41) is 12.4. The van der Waals surface area contributed by atoms with Gasteiger partial charge in [0.25, 0.3) is 0 Å². The molecule has 0 saturated carbocycles. The van der Waals surface area contributed by atoms with E-state index >= 15 is 0 Å². The Hall–Kier alpha value is -1.89. The molecule has 7 heteroatoms. The fourth-order valence-corrected chi connectivity index (χ4v) is 1.11. The second kappa shape index (κ2) is 5.86. The number of aliphatic carboxylic acids is 1. The highest BCUT2D eigenvalue weighted by molar-refractivity contribution is 5.79. The molecule has 0 aliphatic carbocycles.